The Morgan fingerprint density at radius 1 is 1.05 bits per heavy atom. The maximum Gasteiger partial charge on any atom is 0.509 e. The van der Waals surface area contributed by atoms with Gasteiger partial charge in [-0.2, -0.15) is 0 Å². The van der Waals surface area contributed by atoms with Crippen LogP contribution in [0.15, 0.2) is 42.7 Å². The molecule has 0 amide bonds. The number of hydrogen-bond acceptors (Lipinski definition) is 2. The first-order chi connectivity index (χ1) is 9.47. The van der Waals surface area contributed by atoms with Crippen LogP contribution < -0.4 is 10.2 Å². The normalized spacial score (nSPS) is 11.4. The van der Waals surface area contributed by atoms with Gasteiger partial charge in [-0.15, -0.1) is 5.46 Å². The molecule has 2 nitrogen and oxygen atoms in total. The van der Waals surface area contributed by atoms with Crippen molar-refractivity contribution in [2.45, 2.75) is 6.42 Å². The van der Waals surface area contributed by atoms with E-state index in [1.165, 1.54) is 0 Å². The van der Waals surface area contributed by atoms with Crippen LogP contribution in [0.2, 0.25) is 0 Å². The standard InChI is InChI=1S/C13H11BF4NO/c15-12-2-1-11(14(16,17)18)9-13(12)20-8-5-10-3-6-19-7-4-10/h1-4,6-7,9H,5,8H2/q-1. The molecule has 0 unspecified atom stereocenters. The summed E-state index contributed by atoms with van der Waals surface area (Å²) >= 11 is 0. The molecule has 0 fully saturated rings. The van der Waals surface area contributed by atoms with Crippen LogP contribution in [0, 0.1) is 5.82 Å². The van der Waals surface area contributed by atoms with Gasteiger partial charge in [0, 0.05) is 18.8 Å². The predicted octanol–water partition coefficient (Wildman–Crippen LogP) is 2.90. The molecule has 0 spiro atoms. The van der Waals surface area contributed by atoms with Gasteiger partial charge in [-0.3, -0.25) is 4.98 Å². The molecule has 0 radical (unpaired) electrons. The van der Waals surface area contributed by atoms with Crippen molar-refractivity contribution in [2.75, 3.05) is 6.61 Å². The lowest BCUT2D eigenvalue weighted by Crippen LogP contribution is -2.34. The highest BCUT2D eigenvalue weighted by Gasteiger charge is 2.26. The van der Waals surface area contributed by atoms with Crippen LogP contribution in [0.3, 0.4) is 0 Å². The molecule has 0 aliphatic heterocycles. The Morgan fingerprint density at radius 2 is 1.75 bits per heavy atom. The molecule has 20 heavy (non-hydrogen) atoms. The van der Waals surface area contributed by atoms with Crippen molar-refractivity contribution in [1.82, 2.24) is 4.98 Å². The Bertz CT molecular complexity index is 574. The number of pyridine rings is 1. The first-order valence-electron chi connectivity index (χ1n) is 5.98. The fourth-order valence-electron chi connectivity index (χ4n) is 1.66. The van der Waals surface area contributed by atoms with Gasteiger partial charge in [0.05, 0.1) is 6.61 Å². The second kappa shape index (κ2) is 5.94. The van der Waals surface area contributed by atoms with Crippen molar-refractivity contribution in [3.8, 4) is 5.75 Å². The lowest BCUT2D eigenvalue weighted by atomic mass is 9.80. The van der Waals surface area contributed by atoms with E-state index in [-0.39, 0.29) is 12.4 Å². The van der Waals surface area contributed by atoms with Crippen molar-refractivity contribution in [2.24, 2.45) is 0 Å². The van der Waals surface area contributed by atoms with Gasteiger partial charge in [0.1, 0.15) is 0 Å². The Labute approximate surface area is 113 Å². The average Bonchev–Trinajstić information content (AvgIpc) is 2.41. The summed E-state index contributed by atoms with van der Waals surface area (Å²) in [5.41, 5.74) is 0.0434. The maximum absolute atomic E-state index is 13.4. The lowest BCUT2D eigenvalue weighted by molar-refractivity contribution is 0.305. The number of rotatable bonds is 5. The number of nitrogens with zero attached hydrogens (tertiary/aromatic N) is 1. The first kappa shape index (κ1) is 14.4. The van der Waals surface area contributed by atoms with Crippen molar-refractivity contribution < 1.29 is 22.1 Å². The Balaban J connectivity index is 2.02. The molecule has 1 aromatic carbocycles. The van der Waals surface area contributed by atoms with Crippen LogP contribution in [0.4, 0.5) is 17.3 Å². The molecule has 0 bridgehead atoms. The molecule has 0 N–H and O–H groups in total. The molecule has 0 saturated carbocycles. The van der Waals surface area contributed by atoms with E-state index in [9.17, 15) is 17.3 Å². The summed E-state index contributed by atoms with van der Waals surface area (Å²) < 4.78 is 56.2. The highest BCUT2D eigenvalue weighted by Crippen LogP contribution is 2.18. The van der Waals surface area contributed by atoms with Crippen LogP contribution in [0.25, 0.3) is 0 Å². The van der Waals surface area contributed by atoms with E-state index in [0.29, 0.717) is 18.6 Å². The predicted molar refractivity (Wildman–Crippen MR) is 68.5 cm³/mol. The third-order valence-corrected chi connectivity index (χ3v) is 2.73. The van der Waals surface area contributed by atoms with Gasteiger partial charge in [0.15, 0.2) is 11.6 Å². The van der Waals surface area contributed by atoms with Crippen molar-refractivity contribution >= 4 is 12.4 Å². The van der Waals surface area contributed by atoms with Gasteiger partial charge in [-0.1, -0.05) is 6.07 Å². The van der Waals surface area contributed by atoms with Gasteiger partial charge < -0.3 is 17.7 Å². The zero-order valence-corrected chi connectivity index (χ0v) is 10.4. The molecule has 1 aromatic heterocycles. The van der Waals surface area contributed by atoms with Crippen LogP contribution >= 0.6 is 0 Å². The summed E-state index contributed by atoms with van der Waals surface area (Å²) in [6, 6.07) is 5.70. The SMILES string of the molecule is Fc1ccc([B-](F)(F)F)cc1OCCc1ccncc1. The van der Waals surface area contributed by atoms with Crippen molar-refractivity contribution in [1.29, 1.82) is 0 Å². The highest BCUT2D eigenvalue weighted by atomic mass is 19.4. The molecule has 7 heteroatoms. The van der Waals surface area contributed by atoms with Crippen LogP contribution in [-0.2, 0) is 6.42 Å². The highest BCUT2D eigenvalue weighted by molar-refractivity contribution is 6.73. The van der Waals surface area contributed by atoms with E-state index in [1.54, 1.807) is 24.5 Å². The van der Waals surface area contributed by atoms with Gasteiger partial charge in [0.2, 0.25) is 0 Å². The van der Waals surface area contributed by atoms with Crippen molar-refractivity contribution in [3.63, 3.8) is 0 Å². The Kier molecular flexibility index (Phi) is 4.27. The summed E-state index contributed by atoms with van der Waals surface area (Å²) in [4.78, 5) is 3.84. The van der Waals surface area contributed by atoms with Gasteiger partial charge in [0.25, 0.3) is 0 Å². The molecule has 106 valence electrons. The zero-order valence-electron chi connectivity index (χ0n) is 10.4. The minimum absolute atomic E-state index is 0.0925. The van der Waals surface area contributed by atoms with Crippen LogP contribution in [-0.4, -0.2) is 18.6 Å². The third-order valence-electron chi connectivity index (χ3n) is 2.73. The topological polar surface area (TPSA) is 22.1 Å². The lowest BCUT2D eigenvalue weighted by Gasteiger charge is -2.16. The maximum atomic E-state index is 13.4. The molecule has 2 rings (SSSR count). The molecule has 0 aliphatic rings. The van der Waals surface area contributed by atoms with Crippen LogP contribution in [0.1, 0.15) is 5.56 Å². The largest absolute Gasteiger partial charge is 0.509 e. The smallest absolute Gasteiger partial charge is 0.490 e. The van der Waals surface area contributed by atoms with Crippen LogP contribution in [0.5, 0.6) is 5.75 Å². The van der Waals surface area contributed by atoms with E-state index in [4.69, 9.17) is 4.74 Å². The van der Waals surface area contributed by atoms with E-state index in [0.717, 1.165) is 11.6 Å². The second-order valence-electron chi connectivity index (χ2n) is 4.22. The third kappa shape index (κ3) is 3.72. The number of benzene rings is 1. The minimum Gasteiger partial charge on any atom is -0.490 e. The fraction of sp³-hybridized carbons (Fsp3) is 0.154. The minimum atomic E-state index is -5.16. The number of hydrogen-bond donors (Lipinski definition) is 0. The quantitative estimate of drug-likeness (QED) is 0.622. The number of halogens is 4. The molecular formula is C13H11BF4NO-. The summed E-state index contributed by atoms with van der Waals surface area (Å²) in [5, 5.41) is 0. The second-order valence-corrected chi connectivity index (χ2v) is 4.22. The summed E-state index contributed by atoms with van der Waals surface area (Å²) in [6.45, 7) is -5.07. The Morgan fingerprint density at radius 3 is 2.40 bits per heavy atom. The van der Waals surface area contributed by atoms with Gasteiger partial charge in [-0.05, 0) is 29.8 Å². The van der Waals surface area contributed by atoms with E-state index in [1.807, 2.05) is 0 Å². The van der Waals surface area contributed by atoms with E-state index in [2.05, 4.69) is 4.98 Å². The number of ether oxygens (including phenoxy) is 1. The molecule has 1 heterocycles. The zero-order chi connectivity index (χ0) is 14.6. The molecule has 0 saturated heterocycles. The van der Waals surface area contributed by atoms with Crippen molar-refractivity contribution in [3.05, 3.63) is 54.1 Å². The summed E-state index contributed by atoms with van der Waals surface area (Å²) in [6.07, 6.45) is 3.66. The fourth-order valence-corrected chi connectivity index (χ4v) is 1.66. The summed E-state index contributed by atoms with van der Waals surface area (Å²) in [5.74, 6) is -1.18. The van der Waals surface area contributed by atoms with E-state index >= 15 is 0 Å². The molecule has 0 atom stereocenters. The monoisotopic (exact) mass is 284 g/mol. The average molecular weight is 284 g/mol. The molecule has 2 aromatic rings. The Hall–Kier alpha value is -2.05. The molecule has 0 aliphatic carbocycles. The summed E-state index contributed by atoms with van der Waals surface area (Å²) in [7, 11) is 0. The van der Waals surface area contributed by atoms with E-state index < -0.39 is 18.3 Å². The first-order valence-corrected chi connectivity index (χ1v) is 5.98. The van der Waals surface area contributed by atoms with Gasteiger partial charge in [-0.25, -0.2) is 4.39 Å². The molecular weight excluding hydrogens is 273 g/mol. The number of aromatic nitrogens is 1. The van der Waals surface area contributed by atoms with Gasteiger partial charge >= 0.3 is 6.98 Å².